The Balaban J connectivity index is 1.83. The minimum absolute atomic E-state index is 0.0872. The minimum atomic E-state index is -0.647. The van der Waals surface area contributed by atoms with E-state index in [9.17, 15) is 14.9 Å². The third-order valence-electron chi connectivity index (χ3n) is 3.31. The second-order valence-electron chi connectivity index (χ2n) is 4.82. The number of nitro groups is 1. The van der Waals surface area contributed by atoms with E-state index in [-0.39, 0.29) is 17.4 Å². The molecule has 1 aromatic carbocycles. The van der Waals surface area contributed by atoms with Gasteiger partial charge in [0.15, 0.2) is 0 Å². The van der Waals surface area contributed by atoms with E-state index in [1.54, 1.807) is 37.5 Å². The molecular weight excluding hydrogens is 314 g/mol. The molecule has 0 bridgehead atoms. The van der Waals surface area contributed by atoms with Crippen LogP contribution in [0.2, 0.25) is 0 Å². The van der Waals surface area contributed by atoms with Crippen molar-refractivity contribution in [1.29, 1.82) is 0 Å². The molecule has 0 unspecified atom stereocenters. The molecule has 0 atom stereocenters. The monoisotopic (exact) mass is 325 g/mol. The molecule has 9 heteroatoms. The van der Waals surface area contributed by atoms with Gasteiger partial charge in [-0.25, -0.2) is 0 Å². The van der Waals surface area contributed by atoms with E-state index in [4.69, 9.17) is 4.52 Å². The number of amides is 1. The van der Waals surface area contributed by atoms with Gasteiger partial charge < -0.3 is 9.84 Å². The van der Waals surface area contributed by atoms with Gasteiger partial charge in [-0.3, -0.25) is 19.9 Å². The number of nitrogens with zero attached hydrogens (tertiary/aromatic N) is 4. The molecule has 2 heterocycles. The van der Waals surface area contributed by atoms with Gasteiger partial charge in [-0.2, -0.15) is 4.98 Å². The van der Waals surface area contributed by atoms with Crippen molar-refractivity contribution in [3.05, 3.63) is 64.3 Å². The number of hydrogen-bond acceptors (Lipinski definition) is 7. The number of benzene rings is 1. The third kappa shape index (κ3) is 2.95. The summed E-state index contributed by atoms with van der Waals surface area (Å²) in [6, 6.07) is 7.76. The van der Waals surface area contributed by atoms with Crippen LogP contribution >= 0.6 is 0 Å². The highest BCUT2D eigenvalue weighted by Crippen LogP contribution is 2.25. The third-order valence-corrected chi connectivity index (χ3v) is 3.31. The number of nitrogens with one attached hydrogen (secondary N) is 1. The maximum atomic E-state index is 12.2. The number of carbonyl (C=O) groups excluding carboxylic acids is 1. The molecule has 0 fully saturated rings. The molecule has 0 aliphatic heterocycles. The fraction of sp³-hybridized carbons (Fsp3) is 0.0667. The van der Waals surface area contributed by atoms with E-state index in [2.05, 4.69) is 20.4 Å². The smallest absolute Gasteiger partial charge is 0.316 e. The van der Waals surface area contributed by atoms with Gasteiger partial charge in [-0.05, 0) is 25.1 Å². The van der Waals surface area contributed by atoms with Gasteiger partial charge in [-0.1, -0.05) is 11.2 Å². The summed E-state index contributed by atoms with van der Waals surface area (Å²) in [4.78, 5) is 30.5. The second-order valence-corrected chi connectivity index (χ2v) is 4.82. The molecule has 0 spiro atoms. The Kier molecular flexibility index (Phi) is 3.98. The lowest BCUT2D eigenvalue weighted by Gasteiger charge is -2.06. The van der Waals surface area contributed by atoms with Gasteiger partial charge >= 0.3 is 11.8 Å². The van der Waals surface area contributed by atoms with Crippen LogP contribution in [-0.4, -0.2) is 26.0 Å². The first-order valence-corrected chi connectivity index (χ1v) is 6.85. The van der Waals surface area contributed by atoms with Crippen LogP contribution in [0.1, 0.15) is 16.2 Å². The van der Waals surface area contributed by atoms with Crippen molar-refractivity contribution in [2.75, 3.05) is 5.32 Å². The van der Waals surface area contributed by atoms with Crippen molar-refractivity contribution in [3.8, 4) is 11.4 Å². The standard InChI is InChI=1S/C15H11N5O4/c1-9-11(3-2-4-12(9)20(22)23)17-14(21)15-18-13(19-24-15)10-5-7-16-8-6-10/h2-8H,1H3,(H,17,21). The molecule has 3 aromatic rings. The Labute approximate surface area is 135 Å². The van der Waals surface area contributed by atoms with Crippen molar-refractivity contribution in [2.24, 2.45) is 0 Å². The van der Waals surface area contributed by atoms with Crippen LogP contribution < -0.4 is 5.32 Å². The van der Waals surface area contributed by atoms with E-state index in [0.717, 1.165) is 0 Å². The van der Waals surface area contributed by atoms with Gasteiger partial charge in [-0.15, -0.1) is 0 Å². The van der Waals surface area contributed by atoms with Gasteiger partial charge in [0.05, 0.1) is 16.2 Å². The van der Waals surface area contributed by atoms with E-state index in [0.29, 0.717) is 16.8 Å². The van der Waals surface area contributed by atoms with Crippen LogP contribution in [0.4, 0.5) is 11.4 Å². The predicted octanol–water partition coefficient (Wildman–Crippen LogP) is 2.60. The molecule has 24 heavy (non-hydrogen) atoms. The first-order chi connectivity index (χ1) is 11.6. The Bertz CT molecular complexity index is 907. The number of hydrogen-bond donors (Lipinski definition) is 1. The van der Waals surface area contributed by atoms with E-state index < -0.39 is 10.8 Å². The predicted molar refractivity (Wildman–Crippen MR) is 83.3 cm³/mol. The van der Waals surface area contributed by atoms with Gasteiger partial charge in [0, 0.05) is 24.0 Å². The first kappa shape index (κ1) is 15.3. The molecule has 0 aliphatic rings. The zero-order valence-corrected chi connectivity index (χ0v) is 12.5. The summed E-state index contributed by atoms with van der Waals surface area (Å²) in [5.41, 5.74) is 1.21. The highest BCUT2D eigenvalue weighted by atomic mass is 16.6. The van der Waals surface area contributed by atoms with Gasteiger partial charge in [0.2, 0.25) is 5.82 Å². The van der Waals surface area contributed by atoms with Crippen LogP contribution in [0, 0.1) is 17.0 Å². The first-order valence-electron chi connectivity index (χ1n) is 6.85. The van der Waals surface area contributed by atoms with Crippen molar-refractivity contribution in [2.45, 2.75) is 6.92 Å². The normalized spacial score (nSPS) is 10.4. The zero-order valence-electron chi connectivity index (χ0n) is 12.5. The van der Waals surface area contributed by atoms with Crippen molar-refractivity contribution >= 4 is 17.3 Å². The second kappa shape index (κ2) is 6.24. The van der Waals surface area contributed by atoms with Crippen LogP contribution in [0.25, 0.3) is 11.4 Å². The molecule has 120 valence electrons. The summed E-state index contributed by atoms with van der Waals surface area (Å²) in [6.07, 6.45) is 3.13. The van der Waals surface area contributed by atoms with Gasteiger partial charge in [0.1, 0.15) is 0 Å². The van der Waals surface area contributed by atoms with Crippen molar-refractivity contribution in [3.63, 3.8) is 0 Å². The average Bonchev–Trinajstić information content (AvgIpc) is 3.07. The molecular formula is C15H11N5O4. The average molecular weight is 325 g/mol. The number of pyridine rings is 1. The summed E-state index contributed by atoms with van der Waals surface area (Å²) < 4.78 is 4.94. The fourth-order valence-corrected chi connectivity index (χ4v) is 2.07. The molecule has 0 radical (unpaired) electrons. The number of rotatable bonds is 4. The Morgan fingerprint density at radius 1 is 1.25 bits per heavy atom. The fourth-order valence-electron chi connectivity index (χ4n) is 2.07. The Morgan fingerprint density at radius 3 is 2.71 bits per heavy atom. The quantitative estimate of drug-likeness (QED) is 0.577. The summed E-state index contributed by atoms with van der Waals surface area (Å²) in [6.45, 7) is 1.55. The lowest BCUT2D eigenvalue weighted by molar-refractivity contribution is -0.385. The maximum Gasteiger partial charge on any atom is 0.316 e. The Morgan fingerprint density at radius 2 is 2.00 bits per heavy atom. The number of nitro benzene ring substituents is 1. The molecule has 3 rings (SSSR count). The molecule has 0 saturated heterocycles. The SMILES string of the molecule is Cc1c(NC(=O)c2nc(-c3ccncc3)no2)cccc1[N+](=O)[O-]. The van der Waals surface area contributed by atoms with Crippen molar-refractivity contribution in [1.82, 2.24) is 15.1 Å². The molecule has 9 nitrogen and oxygen atoms in total. The lowest BCUT2D eigenvalue weighted by atomic mass is 10.1. The van der Waals surface area contributed by atoms with E-state index in [1.807, 2.05) is 0 Å². The number of carbonyl (C=O) groups is 1. The van der Waals surface area contributed by atoms with Gasteiger partial charge in [0.25, 0.3) is 5.69 Å². The van der Waals surface area contributed by atoms with E-state index >= 15 is 0 Å². The zero-order chi connectivity index (χ0) is 17.1. The van der Waals surface area contributed by atoms with E-state index in [1.165, 1.54) is 12.1 Å². The van der Waals surface area contributed by atoms with Crippen LogP contribution in [0.5, 0.6) is 0 Å². The maximum absolute atomic E-state index is 12.2. The largest absolute Gasteiger partial charge is 0.328 e. The minimum Gasteiger partial charge on any atom is -0.328 e. The topological polar surface area (TPSA) is 124 Å². The summed E-state index contributed by atoms with van der Waals surface area (Å²) in [5, 5.41) is 17.2. The number of aromatic nitrogens is 3. The molecule has 2 aromatic heterocycles. The molecule has 1 amide bonds. The summed E-state index contributed by atoms with van der Waals surface area (Å²) in [7, 11) is 0. The molecule has 0 aliphatic carbocycles. The lowest BCUT2D eigenvalue weighted by Crippen LogP contribution is -2.13. The molecule has 0 saturated carbocycles. The summed E-state index contributed by atoms with van der Waals surface area (Å²) in [5.74, 6) is -0.641. The Hall–Kier alpha value is -3.62. The van der Waals surface area contributed by atoms with Crippen LogP contribution in [0.15, 0.2) is 47.2 Å². The molecule has 1 N–H and O–H groups in total. The van der Waals surface area contributed by atoms with Crippen LogP contribution in [-0.2, 0) is 0 Å². The van der Waals surface area contributed by atoms with Crippen molar-refractivity contribution < 1.29 is 14.2 Å². The summed E-state index contributed by atoms with van der Waals surface area (Å²) >= 11 is 0. The number of anilines is 1. The highest BCUT2D eigenvalue weighted by molar-refractivity contribution is 6.01. The highest BCUT2D eigenvalue weighted by Gasteiger charge is 2.19. The van der Waals surface area contributed by atoms with Crippen LogP contribution in [0.3, 0.4) is 0 Å².